The predicted octanol–water partition coefficient (Wildman–Crippen LogP) is 1.55. The normalized spacial score (nSPS) is 20.8. The number of benzene rings is 1. The molecule has 1 saturated heterocycles. The van der Waals surface area contributed by atoms with Gasteiger partial charge in [0.2, 0.25) is 0 Å². The van der Waals surface area contributed by atoms with E-state index in [-0.39, 0.29) is 6.10 Å². The number of likely N-dealkylation sites (tertiary alicyclic amines) is 1. The third-order valence-corrected chi connectivity index (χ3v) is 4.15. The summed E-state index contributed by atoms with van der Waals surface area (Å²) in [5.74, 6) is 0. The van der Waals surface area contributed by atoms with Gasteiger partial charge in [-0.05, 0) is 24.9 Å². The average Bonchev–Trinajstić information content (AvgIpc) is 2.98. The smallest absolute Gasteiger partial charge is 0.0928 e. The summed E-state index contributed by atoms with van der Waals surface area (Å²) >= 11 is 0. The number of hydrogen-bond acceptors (Lipinski definition) is 4. The molecule has 0 aromatic heterocycles. The van der Waals surface area contributed by atoms with Crippen LogP contribution in [0.4, 0.5) is 0 Å². The molecular formula is C17H28N2O2. The lowest BCUT2D eigenvalue weighted by Crippen LogP contribution is -2.40. The predicted molar refractivity (Wildman–Crippen MR) is 85.7 cm³/mol. The van der Waals surface area contributed by atoms with E-state index in [9.17, 15) is 0 Å². The summed E-state index contributed by atoms with van der Waals surface area (Å²) in [6.45, 7) is 4.98. The minimum Gasteiger partial charge on any atom is -0.382 e. The van der Waals surface area contributed by atoms with Crippen molar-refractivity contribution in [1.82, 2.24) is 10.2 Å². The molecule has 0 radical (unpaired) electrons. The van der Waals surface area contributed by atoms with Crippen molar-refractivity contribution in [3.63, 3.8) is 0 Å². The van der Waals surface area contributed by atoms with Crippen LogP contribution in [0.5, 0.6) is 0 Å². The highest BCUT2D eigenvalue weighted by molar-refractivity contribution is 5.14. The third-order valence-electron chi connectivity index (χ3n) is 4.15. The molecule has 0 bridgehead atoms. The molecule has 118 valence electrons. The summed E-state index contributed by atoms with van der Waals surface area (Å²) < 4.78 is 10.5. The van der Waals surface area contributed by atoms with Gasteiger partial charge in [-0.3, -0.25) is 0 Å². The maximum atomic E-state index is 5.38. The molecule has 2 atom stereocenters. The minimum atomic E-state index is 0.147. The quantitative estimate of drug-likeness (QED) is 0.749. The second-order valence-corrected chi connectivity index (χ2v) is 5.74. The molecule has 21 heavy (non-hydrogen) atoms. The van der Waals surface area contributed by atoms with Gasteiger partial charge in [0, 0.05) is 39.9 Å². The summed E-state index contributed by atoms with van der Waals surface area (Å²) in [6.07, 6.45) is 2.50. The van der Waals surface area contributed by atoms with Crippen LogP contribution in [0.3, 0.4) is 0 Å². The Morgan fingerprint density at radius 2 is 2.10 bits per heavy atom. The fourth-order valence-electron chi connectivity index (χ4n) is 2.83. The Labute approximate surface area is 128 Å². The van der Waals surface area contributed by atoms with Gasteiger partial charge in [-0.25, -0.2) is 0 Å². The Hall–Kier alpha value is -0.940. The number of methoxy groups -OCH3 is 2. The van der Waals surface area contributed by atoms with E-state index < -0.39 is 0 Å². The summed E-state index contributed by atoms with van der Waals surface area (Å²) in [5.41, 5.74) is 1.42. The molecule has 1 N–H and O–H groups in total. The highest BCUT2D eigenvalue weighted by Crippen LogP contribution is 2.11. The number of hydrogen-bond donors (Lipinski definition) is 1. The number of rotatable bonds is 9. The fourth-order valence-corrected chi connectivity index (χ4v) is 2.83. The monoisotopic (exact) mass is 292 g/mol. The first-order chi connectivity index (χ1) is 10.3. The average molecular weight is 292 g/mol. The van der Waals surface area contributed by atoms with Crippen molar-refractivity contribution >= 4 is 0 Å². The van der Waals surface area contributed by atoms with Crippen molar-refractivity contribution in [2.75, 3.05) is 47.0 Å². The zero-order chi connectivity index (χ0) is 14.9. The number of nitrogens with zero attached hydrogens (tertiary/aromatic N) is 1. The first-order valence-corrected chi connectivity index (χ1v) is 7.83. The molecule has 4 nitrogen and oxygen atoms in total. The first-order valence-electron chi connectivity index (χ1n) is 7.83. The van der Waals surface area contributed by atoms with Crippen LogP contribution < -0.4 is 5.32 Å². The highest BCUT2D eigenvalue weighted by atomic mass is 16.5. The van der Waals surface area contributed by atoms with E-state index in [1.54, 1.807) is 14.2 Å². The van der Waals surface area contributed by atoms with Gasteiger partial charge in [0.1, 0.15) is 0 Å². The van der Waals surface area contributed by atoms with Gasteiger partial charge in [0.15, 0.2) is 0 Å². The molecule has 0 spiro atoms. The Kier molecular flexibility index (Phi) is 7.16. The van der Waals surface area contributed by atoms with E-state index in [1.165, 1.54) is 18.5 Å². The Morgan fingerprint density at radius 3 is 2.81 bits per heavy atom. The van der Waals surface area contributed by atoms with E-state index >= 15 is 0 Å². The summed E-state index contributed by atoms with van der Waals surface area (Å²) in [7, 11) is 3.46. The molecule has 1 aliphatic heterocycles. The highest BCUT2D eigenvalue weighted by Gasteiger charge is 2.22. The lowest BCUT2D eigenvalue weighted by Gasteiger charge is -2.19. The Morgan fingerprint density at radius 1 is 1.29 bits per heavy atom. The molecule has 1 aromatic rings. The van der Waals surface area contributed by atoms with Gasteiger partial charge in [0.25, 0.3) is 0 Å². The lowest BCUT2D eigenvalue weighted by molar-refractivity contribution is 0.0275. The van der Waals surface area contributed by atoms with Gasteiger partial charge in [0.05, 0.1) is 12.7 Å². The van der Waals surface area contributed by atoms with Crippen LogP contribution in [0.25, 0.3) is 0 Å². The van der Waals surface area contributed by atoms with Crippen LogP contribution in [0, 0.1) is 0 Å². The van der Waals surface area contributed by atoms with Crippen molar-refractivity contribution in [3.05, 3.63) is 35.9 Å². The standard InChI is InChI=1S/C17H28N2O2/c1-20-14-17(21-2)12-18-16-9-11-19(13-16)10-8-15-6-4-3-5-7-15/h3-7,16-18H,8-14H2,1-2H3. The minimum absolute atomic E-state index is 0.147. The van der Waals surface area contributed by atoms with Crippen LogP contribution in [0.1, 0.15) is 12.0 Å². The van der Waals surface area contributed by atoms with Gasteiger partial charge in [-0.15, -0.1) is 0 Å². The Bertz CT molecular complexity index is 386. The van der Waals surface area contributed by atoms with Crippen molar-refractivity contribution < 1.29 is 9.47 Å². The van der Waals surface area contributed by atoms with Gasteiger partial charge in [-0.2, -0.15) is 0 Å². The molecule has 1 fully saturated rings. The topological polar surface area (TPSA) is 33.7 Å². The first kappa shape index (κ1) is 16.4. The van der Waals surface area contributed by atoms with Gasteiger partial charge in [-0.1, -0.05) is 30.3 Å². The van der Waals surface area contributed by atoms with Crippen LogP contribution in [-0.2, 0) is 15.9 Å². The molecule has 1 aliphatic rings. The van der Waals surface area contributed by atoms with Crippen molar-refractivity contribution in [2.24, 2.45) is 0 Å². The van der Waals surface area contributed by atoms with E-state index in [2.05, 4.69) is 40.5 Å². The molecule has 2 rings (SSSR count). The van der Waals surface area contributed by atoms with Crippen LogP contribution in [-0.4, -0.2) is 64.1 Å². The molecule has 0 aliphatic carbocycles. The second-order valence-electron chi connectivity index (χ2n) is 5.74. The molecule has 2 unspecified atom stereocenters. The molecule has 1 aromatic carbocycles. The fraction of sp³-hybridized carbons (Fsp3) is 0.647. The van der Waals surface area contributed by atoms with Crippen LogP contribution >= 0.6 is 0 Å². The van der Waals surface area contributed by atoms with E-state index in [1.807, 2.05) is 0 Å². The van der Waals surface area contributed by atoms with Crippen LogP contribution in [0.15, 0.2) is 30.3 Å². The molecular weight excluding hydrogens is 264 g/mol. The second kappa shape index (κ2) is 9.15. The molecule has 1 heterocycles. The van der Waals surface area contributed by atoms with E-state index in [4.69, 9.17) is 9.47 Å². The van der Waals surface area contributed by atoms with Gasteiger partial charge < -0.3 is 19.7 Å². The van der Waals surface area contributed by atoms with E-state index in [0.29, 0.717) is 12.6 Å². The number of ether oxygens (including phenoxy) is 2. The third kappa shape index (κ3) is 5.75. The number of nitrogens with one attached hydrogen (secondary N) is 1. The SMILES string of the molecule is COCC(CNC1CCN(CCc2ccccc2)C1)OC. The van der Waals surface area contributed by atoms with Gasteiger partial charge >= 0.3 is 0 Å². The molecule has 0 amide bonds. The zero-order valence-corrected chi connectivity index (χ0v) is 13.3. The molecule has 4 heteroatoms. The van der Waals surface area contributed by atoms with Crippen LogP contribution in [0.2, 0.25) is 0 Å². The van der Waals surface area contributed by atoms with E-state index in [0.717, 1.165) is 26.1 Å². The maximum absolute atomic E-state index is 5.38. The largest absolute Gasteiger partial charge is 0.382 e. The summed E-state index contributed by atoms with van der Waals surface area (Å²) in [6, 6.07) is 11.3. The lowest BCUT2D eigenvalue weighted by atomic mass is 10.1. The Balaban J connectivity index is 1.64. The summed E-state index contributed by atoms with van der Waals surface area (Å²) in [4.78, 5) is 2.54. The van der Waals surface area contributed by atoms with Crippen molar-refractivity contribution in [3.8, 4) is 0 Å². The van der Waals surface area contributed by atoms with Crippen molar-refractivity contribution in [1.29, 1.82) is 0 Å². The maximum Gasteiger partial charge on any atom is 0.0928 e. The zero-order valence-electron chi connectivity index (χ0n) is 13.3. The summed E-state index contributed by atoms with van der Waals surface area (Å²) in [5, 5.41) is 3.60. The molecule has 0 saturated carbocycles. The van der Waals surface area contributed by atoms with Crippen molar-refractivity contribution in [2.45, 2.75) is 25.0 Å².